The van der Waals surface area contributed by atoms with E-state index in [0.29, 0.717) is 17.3 Å². The number of alkyl halides is 2. The SMILES string of the molecule is COC(=O)[C@@H](OC(C)(C)C)c1c(CBr)c(CBr)c2ccccc2c1-c1ccc2c3c(ccnc13)CCO2. The molecule has 0 aliphatic carbocycles. The molecule has 192 valence electrons. The van der Waals surface area contributed by atoms with E-state index in [1.165, 1.54) is 12.7 Å². The summed E-state index contributed by atoms with van der Waals surface area (Å²) in [4.78, 5) is 18.2. The second-order valence-electron chi connectivity index (χ2n) is 10.1. The van der Waals surface area contributed by atoms with Crippen LogP contribution in [0.2, 0.25) is 0 Å². The number of aromatic nitrogens is 1. The summed E-state index contributed by atoms with van der Waals surface area (Å²) < 4.78 is 17.8. The van der Waals surface area contributed by atoms with Crippen LogP contribution in [0.5, 0.6) is 5.75 Å². The van der Waals surface area contributed by atoms with Crippen molar-refractivity contribution in [3.63, 3.8) is 0 Å². The molecular formula is C30H29Br2NO4. The number of hydrogen-bond donors (Lipinski definition) is 0. The third kappa shape index (κ3) is 4.66. The maximum absolute atomic E-state index is 13.4. The van der Waals surface area contributed by atoms with Crippen LogP contribution in [0.1, 0.15) is 49.1 Å². The van der Waals surface area contributed by atoms with E-state index in [0.717, 1.165) is 61.7 Å². The number of rotatable bonds is 6. The zero-order valence-electron chi connectivity index (χ0n) is 21.4. The van der Waals surface area contributed by atoms with Gasteiger partial charge >= 0.3 is 5.97 Å². The number of pyridine rings is 1. The zero-order valence-corrected chi connectivity index (χ0v) is 24.5. The van der Waals surface area contributed by atoms with Gasteiger partial charge < -0.3 is 14.2 Å². The van der Waals surface area contributed by atoms with Gasteiger partial charge in [0.05, 0.1) is 24.8 Å². The van der Waals surface area contributed by atoms with E-state index in [-0.39, 0.29) is 0 Å². The first-order chi connectivity index (χ1) is 17.8. The summed E-state index contributed by atoms with van der Waals surface area (Å²) in [6.07, 6.45) is 1.76. The Morgan fingerprint density at radius 2 is 1.78 bits per heavy atom. The largest absolute Gasteiger partial charge is 0.493 e. The molecule has 0 radical (unpaired) electrons. The van der Waals surface area contributed by atoms with Gasteiger partial charge in [0.2, 0.25) is 0 Å². The summed E-state index contributed by atoms with van der Waals surface area (Å²) in [6, 6.07) is 14.5. The number of hydrogen-bond acceptors (Lipinski definition) is 5. The minimum Gasteiger partial charge on any atom is -0.493 e. The van der Waals surface area contributed by atoms with Crippen molar-refractivity contribution in [3.05, 3.63) is 70.9 Å². The second kappa shape index (κ2) is 10.4. The molecule has 37 heavy (non-hydrogen) atoms. The Labute approximate surface area is 233 Å². The van der Waals surface area contributed by atoms with E-state index < -0.39 is 17.7 Å². The number of benzene rings is 3. The Balaban J connectivity index is 1.97. The molecule has 4 aromatic rings. The number of esters is 1. The Morgan fingerprint density at radius 3 is 2.46 bits per heavy atom. The normalized spacial score (nSPS) is 14.0. The lowest BCUT2D eigenvalue weighted by molar-refractivity contribution is -0.164. The standard InChI is InChI=1S/C30H29Br2NO4/c1-30(2,3)37-28(29(34)35-4)26-22(16-32)21(15-31)18-7-5-6-8-19(18)25(26)20-9-10-23-24-17(12-14-36-23)11-13-33-27(20)24/h5-11,13,28H,12,14-16H2,1-4H3/t28-/m0/s1. The van der Waals surface area contributed by atoms with Crippen molar-refractivity contribution in [2.24, 2.45) is 0 Å². The van der Waals surface area contributed by atoms with Gasteiger partial charge in [-0.2, -0.15) is 0 Å². The van der Waals surface area contributed by atoms with Crippen molar-refractivity contribution >= 4 is 59.5 Å². The number of carbonyl (C=O) groups excluding carboxylic acids is 1. The number of carbonyl (C=O) groups is 1. The van der Waals surface area contributed by atoms with Gasteiger partial charge in [0.15, 0.2) is 6.10 Å². The molecule has 1 atom stereocenters. The summed E-state index contributed by atoms with van der Waals surface area (Å²) in [7, 11) is 1.41. The van der Waals surface area contributed by atoms with Crippen LogP contribution in [-0.4, -0.2) is 30.3 Å². The van der Waals surface area contributed by atoms with Crippen LogP contribution >= 0.6 is 31.9 Å². The second-order valence-corrected chi connectivity index (χ2v) is 11.2. The summed E-state index contributed by atoms with van der Waals surface area (Å²) in [5.41, 5.74) is 6.25. The van der Waals surface area contributed by atoms with Gasteiger partial charge in [0, 0.05) is 39.8 Å². The number of halogens is 2. The average molecular weight is 627 g/mol. The highest BCUT2D eigenvalue weighted by molar-refractivity contribution is 9.09. The van der Waals surface area contributed by atoms with Gasteiger partial charge in [0.25, 0.3) is 0 Å². The van der Waals surface area contributed by atoms with Crippen molar-refractivity contribution in [3.8, 4) is 16.9 Å². The molecule has 0 spiro atoms. The Morgan fingerprint density at radius 1 is 1.05 bits per heavy atom. The molecular weight excluding hydrogens is 598 g/mol. The zero-order chi connectivity index (χ0) is 26.3. The van der Waals surface area contributed by atoms with Crippen LogP contribution < -0.4 is 4.74 Å². The predicted octanol–water partition coefficient (Wildman–Crippen LogP) is 7.81. The van der Waals surface area contributed by atoms with E-state index >= 15 is 0 Å². The summed E-state index contributed by atoms with van der Waals surface area (Å²) in [6.45, 7) is 6.50. The van der Waals surface area contributed by atoms with E-state index in [1.54, 1.807) is 0 Å². The molecule has 0 unspecified atom stereocenters. The van der Waals surface area contributed by atoms with E-state index in [9.17, 15) is 4.79 Å². The highest BCUT2D eigenvalue weighted by atomic mass is 79.9. The summed E-state index contributed by atoms with van der Waals surface area (Å²) >= 11 is 7.46. The summed E-state index contributed by atoms with van der Waals surface area (Å²) in [5.74, 6) is 0.403. The molecule has 5 nitrogen and oxygen atoms in total. The van der Waals surface area contributed by atoms with Gasteiger partial charge in [-0.05, 0) is 72.0 Å². The van der Waals surface area contributed by atoms with E-state index in [4.69, 9.17) is 19.2 Å². The van der Waals surface area contributed by atoms with Crippen LogP contribution in [0.25, 0.3) is 32.8 Å². The molecule has 1 aromatic heterocycles. The van der Waals surface area contributed by atoms with Crippen molar-refractivity contribution < 1.29 is 19.0 Å². The van der Waals surface area contributed by atoms with Crippen molar-refractivity contribution in [1.82, 2.24) is 4.98 Å². The quantitative estimate of drug-likeness (QED) is 0.161. The molecule has 3 aromatic carbocycles. The molecule has 0 saturated heterocycles. The average Bonchev–Trinajstić information content (AvgIpc) is 2.90. The molecule has 0 bridgehead atoms. The number of ether oxygens (including phenoxy) is 3. The maximum atomic E-state index is 13.4. The third-order valence-corrected chi connectivity index (χ3v) is 7.86. The lowest BCUT2D eigenvalue weighted by Crippen LogP contribution is -2.29. The number of nitrogens with zero attached hydrogens (tertiary/aromatic N) is 1. The van der Waals surface area contributed by atoms with Gasteiger partial charge in [-0.3, -0.25) is 4.98 Å². The van der Waals surface area contributed by atoms with E-state index in [2.05, 4.69) is 56.1 Å². The first kappa shape index (κ1) is 26.1. The van der Waals surface area contributed by atoms with Gasteiger partial charge in [-0.15, -0.1) is 0 Å². The van der Waals surface area contributed by atoms with Crippen LogP contribution in [0, 0.1) is 0 Å². The first-order valence-electron chi connectivity index (χ1n) is 12.3. The maximum Gasteiger partial charge on any atom is 0.339 e. The minimum absolute atomic E-state index is 0.437. The topological polar surface area (TPSA) is 57.7 Å². The monoisotopic (exact) mass is 625 g/mol. The number of fused-ring (bicyclic) bond motifs is 1. The smallest absolute Gasteiger partial charge is 0.339 e. The molecule has 0 amide bonds. The minimum atomic E-state index is -0.933. The number of methoxy groups -OCH3 is 1. The molecule has 7 heteroatoms. The van der Waals surface area contributed by atoms with Gasteiger partial charge in [-0.1, -0.05) is 56.1 Å². The highest BCUT2D eigenvalue weighted by Crippen LogP contribution is 2.47. The van der Waals surface area contributed by atoms with Crippen LogP contribution in [-0.2, 0) is 31.3 Å². The summed E-state index contributed by atoms with van der Waals surface area (Å²) in [5, 5.41) is 4.34. The Kier molecular flexibility index (Phi) is 7.31. The van der Waals surface area contributed by atoms with Crippen LogP contribution in [0.15, 0.2) is 48.7 Å². The molecule has 2 heterocycles. The van der Waals surface area contributed by atoms with Crippen LogP contribution in [0.4, 0.5) is 0 Å². The van der Waals surface area contributed by atoms with Crippen molar-refractivity contribution in [2.45, 2.75) is 49.6 Å². The molecule has 5 rings (SSSR count). The molecule has 0 saturated carbocycles. The molecule has 1 aliphatic rings. The molecule has 1 aliphatic heterocycles. The van der Waals surface area contributed by atoms with Crippen LogP contribution in [0.3, 0.4) is 0 Å². The van der Waals surface area contributed by atoms with Gasteiger partial charge in [-0.25, -0.2) is 4.79 Å². The van der Waals surface area contributed by atoms with Crippen molar-refractivity contribution in [2.75, 3.05) is 13.7 Å². The lowest BCUT2D eigenvalue weighted by Gasteiger charge is -2.31. The lowest BCUT2D eigenvalue weighted by atomic mass is 9.83. The van der Waals surface area contributed by atoms with Gasteiger partial charge in [0.1, 0.15) is 5.75 Å². The Hall–Kier alpha value is -2.48. The fraction of sp³-hybridized carbons (Fsp3) is 0.333. The van der Waals surface area contributed by atoms with E-state index in [1.807, 2.05) is 45.2 Å². The van der Waals surface area contributed by atoms with Crippen molar-refractivity contribution in [1.29, 1.82) is 0 Å². The molecule has 0 N–H and O–H groups in total. The Bertz CT molecular complexity index is 1500. The predicted molar refractivity (Wildman–Crippen MR) is 155 cm³/mol. The molecule has 0 fully saturated rings. The third-order valence-electron chi connectivity index (χ3n) is 6.73. The highest BCUT2D eigenvalue weighted by Gasteiger charge is 2.35. The fourth-order valence-electron chi connectivity index (χ4n) is 5.26. The fourth-order valence-corrected chi connectivity index (χ4v) is 6.54. The first-order valence-corrected chi connectivity index (χ1v) is 14.5.